The molecule has 0 atom stereocenters. The molecule has 0 amide bonds. The third-order valence-electron chi connectivity index (χ3n) is 3.69. The van der Waals surface area contributed by atoms with Crippen molar-refractivity contribution >= 4 is 11.4 Å². The molecule has 1 aliphatic rings. The largest absolute Gasteiger partial charge is 0.496 e. The molecule has 1 heterocycles. The van der Waals surface area contributed by atoms with Crippen molar-refractivity contribution in [1.82, 2.24) is 9.80 Å². The Morgan fingerprint density at radius 2 is 2.00 bits per heavy atom. The van der Waals surface area contributed by atoms with E-state index in [2.05, 4.69) is 22.2 Å². The highest BCUT2D eigenvalue weighted by Crippen LogP contribution is 2.25. The first-order valence-corrected chi connectivity index (χ1v) is 7.07. The van der Waals surface area contributed by atoms with Crippen LogP contribution in [0.3, 0.4) is 0 Å². The highest BCUT2D eigenvalue weighted by Gasteiger charge is 2.13. The smallest absolute Gasteiger partial charge is 0.275 e. The lowest BCUT2D eigenvalue weighted by atomic mass is 10.2. The highest BCUT2D eigenvalue weighted by atomic mass is 16.6. The maximum Gasteiger partial charge on any atom is 0.275 e. The number of nitrogens with zero attached hydrogens (tertiary/aromatic N) is 3. The number of rotatable bonds is 6. The van der Waals surface area contributed by atoms with Gasteiger partial charge in [-0.2, -0.15) is 0 Å². The van der Waals surface area contributed by atoms with Gasteiger partial charge in [-0.3, -0.25) is 15.0 Å². The molecule has 1 N–H and O–H groups in total. The van der Waals surface area contributed by atoms with Gasteiger partial charge >= 0.3 is 0 Å². The fourth-order valence-electron chi connectivity index (χ4n) is 2.34. The molecule has 0 radical (unpaired) electrons. The third-order valence-corrected chi connectivity index (χ3v) is 3.69. The fraction of sp³-hybridized carbons (Fsp3) is 0.571. The van der Waals surface area contributed by atoms with E-state index in [1.165, 1.54) is 19.2 Å². The van der Waals surface area contributed by atoms with E-state index in [1.807, 2.05) is 0 Å². The van der Waals surface area contributed by atoms with Gasteiger partial charge in [0.05, 0.1) is 18.1 Å². The zero-order valence-electron chi connectivity index (χ0n) is 12.5. The Hall–Kier alpha value is -1.86. The minimum absolute atomic E-state index is 0.0384. The minimum atomic E-state index is -0.409. The first kappa shape index (κ1) is 15.5. The lowest BCUT2D eigenvalue weighted by molar-refractivity contribution is -0.384. The molecule has 116 valence electrons. The molecule has 0 saturated carbocycles. The van der Waals surface area contributed by atoms with E-state index in [0.29, 0.717) is 5.75 Å². The first-order chi connectivity index (χ1) is 10.1. The van der Waals surface area contributed by atoms with Gasteiger partial charge in [0.15, 0.2) is 0 Å². The highest BCUT2D eigenvalue weighted by molar-refractivity contribution is 5.56. The number of anilines is 1. The average molecular weight is 294 g/mol. The number of nitrogens with one attached hydrogen (secondary N) is 1. The molecule has 2 rings (SSSR count). The Labute approximate surface area is 124 Å². The maximum atomic E-state index is 10.9. The van der Waals surface area contributed by atoms with Gasteiger partial charge in [-0.25, -0.2) is 0 Å². The van der Waals surface area contributed by atoms with E-state index in [9.17, 15) is 10.1 Å². The van der Waals surface area contributed by atoms with Crippen LogP contribution in [0.2, 0.25) is 0 Å². The van der Waals surface area contributed by atoms with Gasteiger partial charge in [-0.1, -0.05) is 0 Å². The second-order valence-corrected chi connectivity index (χ2v) is 5.25. The topological polar surface area (TPSA) is 70.9 Å². The predicted molar refractivity (Wildman–Crippen MR) is 82.1 cm³/mol. The van der Waals surface area contributed by atoms with Gasteiger partial charge in [-0.15, -0.1) is 0 Å². The molecule has 1 aliphatic heterocycles. The molecule has 0 unspecified atom stereocenters. The predicted octanol–water partition coefficient (Wildman–Crippen LogP) is 1.26. The number of nitro groups is 1. The Morgan fingerprint density at radius 3 is 2.62 bits per heavy atom. The average Bonchev–Trinajstić information content (AvgIpc) is 2.49. The number of benzene rings is 1. The van der Waals surface area contributed by atoms with Crippen LogP contribution in [0.1, 0.15) is 0 Å². The van der Waals surface area contributed by atoms with Crippen LogP contribution in [0.15, 0.2) is 18.2 Å². The summed E-state index contributed by atoms with van der Waals surface area (Å²) in [6.45, 7) is 6.00. The van der Waals surface area contributed by atoms with Crippen molar-refractivity contribution in [2.24, 2.45) is 0 Å². The van der Waals surface area contributed by atoms with Crippen LogP contribution < -0.4 is 10.1 Å². The lowest BCUT2D eigenvalue weighted by Gasteiger charge is -2.32. The Morgan fingerprint density at radius 1 is 1.29 bits per heavy atom. The fourth-order valence-corrected chi connectivity index (χ4v) is 2.34. The van der Waals surface area contributed by atoms with Crippen LogP contribution in [0.5, 0.6) is 5.75 Å². The van der Waals surface area contributed by atoms with E-state index < -0.39 is 4.92 Å². The van der Waals surface area contributed by atoms with Gasteiger partial charge in [0, 0.05) is 57.1 Å². The Kier molecular flexibility index (Phi) is 5.35. The molecular formula is C14H22N4O3. The quantitative estimate of drug-likeness (QED) is 0.629. The van der Waals surface area contributed by atoms with Gasteiger partial charge in [0.1, 0.15) is 5.75 Å². The molecule has 0 spiro atoms. The molecule has 0 bridgehead atoms. The molecule has 7 heteroatoms. The zero-order chi connectivity index (χ0) is 15.2. The molecule has 21 heavy (non-hydrogen) atoms. The van der Waals surface area contributed by atoms with E-state index in [4.69, 9.17) is 4.74 Å². The van der Waals surface area contributed by atoms with Crippen LogP contribution >= 0.6 is 0 Å². The number of hydrogen-bond donors (Lipinski definition) is 1. The van der Waals surface area contributed by atoms with E-state index in [0.717, 1.165) is 45.0 Å². The molecule has 1 saturated heterocycles. The first-order valence-electron chi connectivity index (χ1n) is 7.07. The van der Waals surface area contributed by atoms with E-state index >= 15 is 0 Å². The second kappa shape index (κ2) is 7.24. The normalized spacial score (nSPS) is 16.7. The molecule has 1 aromatic carbocycles. The maximum absolute atomic E-state index is 10.9. The number of nitro benzene ring substituents is 1. The van der Waals surface area contributed by atoms with E-state index in [-0.39, 0.29) is 5.69 Å². The van der Waals surface area contributed by atoms with Gasteiger partial charge in [0.2, 0.25) is 0 Å². The summed E-state index contributed by atoms with van der Waals surface area (Å²) in [4.78, 5) is 15.2. The van der Waals surface area contributed by atoms with Crippen LogP contribution in [0.4, 0.5) is 11.4 Å². The Balaban J connectivity index is 1.87. The lowest BCUT2D eigenvalue weighted by Crippen LogP contribution is -2.45. The number of piperazine rings is 1. The van der Waals surface area contributed by atoms with E-state index in [1.54, 1.807) is 6.07 Å². The number of hydrogen-bond acceptors (Lipinski definition) is 6. The summed E-state index contributed by atoms with van der Waals surface area (Å²) in [6.07, 6.45) is 0. The summed E-state index contributed by atoms with van der Waals surface area (Å²) in [6, 6.07) is 4.73. The summed E-state index contributed by atoms with van der Waals surface area (Å²) in [5.74, 6) is 0.492. The van der Waals surface area contributed by atoms with Crippen LogP contribution in [0.25, 0.3) is 0 Å². The molecule has 1 fully saturated rings. The molecule has 1 aromatic rings. The molecule has 7 nitrogen and oxygen atoms in total. The van der Waals surface area contributed by atoms with Crippen molar-refractivity contribution in [3.63, 3.8) is 0 Å². The van der Waals surface area contributed by atoms with Gasteiger partial charge < -0.3 is 15.0 Å². The zero-order valence-corrected chi connectivity index (χ0v) is 12.5. The number of likely N-dealkylation sites (N-methyl/N-ethyl adjacent to an activating group) is 1. The monoisotopic (exact) mass is 294 g/mol. The molecular weight excluding hydrogens is 272 g/mol. The van der Waals surface area contributed by atoms with Crippen molar-refractivity contribution in [3.8, 4) is 5.75 Å². The van der Waals surface area contributed by atoms with Crippen molar-refractivity contribution in [2.45, 2.75) is 0 Å². The van der Waals surface area contributed by atoms with Crippen molar-refractivity contribution in [3.05, 3.63) is 28.3 Å². The van der Waals surface area contributed by atoms with Crippen LogP contribution in [0, 0.1) is 10.1 Å². The van der Waals surface area contributed by atoms with Gasteiger partial charge in [-0.05, 0) is 7.05 Å². The minimum Gasteiger partial charge on any atom is -0.496 e. The molecule has 0 aliphatic carbocycles. The SMILES string of the molecule is COc1cc(NCCN2CCN(C)CC2)cc([N+](=O)[O-])c1. The number of methoxy groups -OCH3 is 1. The standard InChI is InChI=1S/C14H22N4O3/c1-16-5-7-17(8-6-16)4-3-15-12-9-13(18(19)20)11-14(10-12)21-2/h9-11,15H,3-8H2,1-2H3. The summed E-state index contributed by atoms with van der Waals surface area (Å²) < 4.78 is 5.09. The summed E-state index contributed by atoms with van der Waals surface area (Å²) in [5, 5.41) is 14.1. The van der Waals surface area contributed by atoms with Crippen molar-refractivity contribution < 1.29 is 9.66 Å². The van der Waals surface area contributed by atoms with Gasteiger partial charge in [0.25, 0.3) is 5.69 Å². The molecule has 0 aromatic heterocycles. The summed E-state index contributed by atoms with van der Waals surface area (Å²) in [5.41, 5.74) is 0.756. The number of ether oxygens (including phenoxy) is 1. The summed E-state index contributed by atoms with van der Waals surface area (Å²) >= 11 is 0. The number of non-ortho nitro benzene ring substituents is 1. The van der Waals surface area contributed by atoms with Crippen molar-refractivity contribution in [2.75, 3.05) is 58.7 Å². The third kappa shape index (κ3) is 4.57. The summed E-state index contributed by atoms with van der Waals surface area (Å²) in [7, 11) is 3.64. The van der Waals surface area contributed by atoms with Crippen LogP contribution in [-0.4, -0.2) is 68.1 Å². The van der Waals surface area contributed by atoms with Crippen LogP contribution in [-0.2, 0) is 0 Å². The Bertz CT molecular complexity index is 487. The van der Waals surface area contributed by atoms with Crippen molar-refractivity contribution in [1.29, 1.82) is 0 Å². The second-order valence-electron chi connectivity index (χ2n) is 5.25.